The Kier molecular flexibility index (Phi) is 15.3. The van der Waals surface area contributed by atoms with Crippen molar-refractivity contribution in [2.45, 2.75) is 19.8 Å². The van der Waals surface area contributed by atoms with E-state index in [-0.39, 0.29) is 11.6 Å². The predicted molar refractivity (Wildman–Crippen MR) is 189 cm³/mol. The lowest BCUT2D eigenvalue weighted by atomic mass is 10.2. The second kappa shape index (κ2) is 18.4. The first-order valence-electron chi connectivity index (χ1n) is 14.3. The summed E-state index contributed by atoms with van der Waals surface area (Å²) >= 11 is 2.51. The van der Waals surface area contributed by atoms with Gasteiger partial charge in [0.1, 0.15) is 27.2 Å². The number of hydrogen-bond acceptors (Lipinski definition) is 11. The Morgan fingerprint density at radius 2 is 1.17 bits per heavy atom. The first kappa shape index (κ1) is 40.0. The SMILES string of the molecule is COC(=O)c1sc(-c2ccc(F)cc2)cc1N.COC(=O)c1sc(-c2ccc(F)cc2)cc1N=C(C)N(C)C.COC(C)(OC)N(C)C. The Labute approximate surface area is 288 Å². The topological polar surface area (TPSA) is 116 Å². The lowest BCUT2D eigenvalue weighted by Gasteiger charge is -2.32. The second-order valence-corrected chi connectivity index (χ2v) is 12.6. The Morgan fingerprint density at radius 1 is 0.750 bits per heavy atom. The standard InChI is InChI=1S/C16H17FN2O2S.C12H10FNO2S.C6H15NO2/c1-10(19(2)3)18-13-9-14(22-15(13)16(20)21-4)11-5-7-12(17)8-6-11;1-16-12(15)11-9(14)6-10(17-11)7-2-4-8(13)5-3-7;1-6(8-4,9-5)7(2)3/h5-9H,1-4H3;2-6H,14H2,1H3;1-5H3. The second-order valence-electron chi connectivity index (χ2n) is 10.5. The fraction of sp³-hybridized carbons (Fsp3) is 0.324. The van der Waals surface area contributed by atoms with E-state index in [9.17, 15) is 18.4 Å². The molecule has 4 rings (SSSR count). The van der Waals surface area contributed by atoms with Gasteiger partial charge in [-0.3, -0.25) is 4.90 Å². The number of anilines is 1. The Hall–Kier alpha value is -4.21. The number of nitrogens with two attached hydrogens (primary N) is 1. The number of thiophene rings is 2. The number of amidine groups is 1. The third kappa shape index (κ3) is 10.9. The molecule has 0 unspecified atom stereocenters. The van der Waals surface area contributed by atoms with Gasteiger partial charge in [0, 0.05) is 45.0 Å². The quantitative estimate of drug-likeness (QED) is 0.0868. The summed E-state index contributed by atoms with van der Waals surface area (Å²) in [5, 5.41) is 0. The number of methoxy groups -OCH3 is 4. The molecule has 0 atom stereocenters. The minimum Gasteiger partial charge on any atom is -0.465 e. The van der Waals surface area contributed by atoms with E-state index < -0.39 is 17.8 Å². The normalized spacial score (nSPS) is 11.2. The zero-order chi connectivity index (χ0) is 36.2. The van der Waals surface area contributed by atoms with Gasteiger partial charge in [0.2, 0.25) is 5.91 Å². The third-order valence-corrected chi connectivity index (χ3v) is 9.31. The van der Waals surface area contributed by atoms with Gasteiger partial charge in [-0.25, -0.2) is 23.4 Å². The zero-order valence-electron chi connectivity index (χ0n) is 28.7. The number of esters is 2. The Balaban J connectivity index is 0.000000273. The highest BCUT2D eigenvalue weighted by molar-refractivity contribution is 7.18. The average molecular weight is 705 g/mol. The number of nitrogen functional groups attached to an aromatic ring is 1. The lowest BCUT2D eigenvalue weighted by Crippen LogP contribution is -2.44. The fourth-order valence-electron chi connectivity index (χ4n) is 3.60. The van der Waals surface area contributed by atoms with Crippen molar-refractivity contribution in [1.29, 1.82) is 0 Å². The number of ether oxygens (including phenoxy) is 4. The first-order chi connectivity index (χ1) is 22.6. The smallest absolute Gasteiger partial charge is 0.350 e. The molecular weight excluding hydrogens is 663 g/mol. The molecule has 14 heteroatoms. The molecule has 0 spiro atoms. The van der Waals surface area contributed by atoms with Gasteiger partial charge in [0.05, 0.1) is 25.6 Å². The molecule has 0 radical (unpaired) electrons. The monoisotopic (exact) mass is 704 g/mol. The number of benzene rings is 2. The van der Waals surface area contributed by atoms with Gasteiger partial charge in [-0.1, -0.05) is 24.3 Å². The largest absolute Gasteiger partial charge is 0.465 e. The van der Waals surface area contributed by atoms with Crippen LogP contribution in [0.4, 0.5) is 20.2 Å². The van der Waals surface area contributed by atoms with Crippen molar-refractivity contribution in [1.82, 2.24) is 9.80 Å². The van der Waals surface area contributed by atoms with E-state index in [0.717, 1.165) is 26.7 Å². The van der Waals surface area contributed by atoms with E-state index in [1.165, 1.54) is 61.2 Å². The van der Waals surface area contributed by atoms with Gasteiger partial charge in [0.25, 0.3) is 0 Å². The van der Waals surface area contributed by atoms with E-state index in [1.54, 1.807) is 44.6 Å². The fourth-order valence-corrected chi connectivity index (χ4v) is 5.62. The van der Waals surface area contributed by atoms with E-state index in [1.807, 2.05) is 57.9 Å². The summed E-state index contributed by atoms with van der Waals surface area (Å²) in [5.74, 6) is -1.29. The number of hydrogen-bond donors (Lipinski definition) is 1. The van der Waals surface area contributed by atoms with Crippen LogP contribution in [0.25, 0.3) is 20.9 Å². The maximum absolute atomic E-state index is 13.0. The van der Waals surface area contributed by atoms with Crippen LogP contribution in [0.2, 0.25) is 0 Å². The number of rotatable bonds is 8. The molecule has 4 aromatic rings. The number of nitrogens with zero attached hydrogens (tertiary/aromatic N) is 3. The molecule has 2 N–H and O–H groups in total. The maximum atomic E-state index is 13.0. The van der Waals surface area contributed by atoms with Crippen LogP contribution in [0.3, 0.4) is 0 Å². The molecule has 0 aliphatic carbocycles. The van der Waals surface area contributed by atoms with Crippen LogP contribution in [-0.4, -0.2) is 90.1 Å². The predicted octanol–water partition coefficient (Wildman–Crippen LogP) is 7.39. The van der Waals surface area contributed by atoms with Crippen LogP contribution in [0.1, 0.15) is 33.2 Å². The van der Waals surface area contributed by atoms with Crippen LogP contribution in [0.5, 0.6) is 0 Å². The van der Waals surface area contributed by atoms with Crippen molar-refractivity contribution in [3.8, 4) is 20.9 Å². The summed E-state index contributed by atoms with van der Waals surface area (Å²) in [6.07, 6.45) is 0. The number of halogens is 2. The summed E-state index contributed by atoms with van der Waals surface area (Å²) in [5.41, 5.74) is 8.31. The minimum absolute atomic E-state index is 0.296. The van der Waals surface area contributed by atoms with Crippen LogP contribution in [0, 0.1) is 11.6 Å². The highest BCUT2D eigenvalue weighted by Crippen LogP contribution is 2.37. The maximum Gasteiger partial charge on any atom is 0.350 e. The van der Waals surface area contributed by atoms with E-state index in [4.69, 9.17) is 19.9 Å². The van der Waals surface area contributed by atoms with Gasteiger partial charge in [-0.15, -0.1) is 22.7 Å². The molecule has 0 aliphatic heterocycles. The van der Waals surface area contributed by atoms with Crippen molar-refractivity contribution >= 4 is 51.8 Å². The van der Waals surface area contributed by atoms with Crippen LogP contribution in [0.15, 0.2) is 65.7 Å². The summed E-state index contributed by atoms with van der Waals surface area (Å²) in [7, 11) is 13.4. The van der Waals surface area contributed by atoms with Crippen molar-refractivity contribution in [2.75, 3.05) is 62.4 Å². The molecule has 0 bridgehead atoms. The van der Waals surface area contributed by atoms with Crippen molar-refractivity contribution in [3.63, 3.8) is 0 Å². The van der Waals surface area contributed by atoms with Gasteiger partial charge < -0.3 is 29.6 Å². The summed E-state index contributed by atoms with van der Waals surface area (Å²) < 4.78 is 45.3. The molecule has 0 saturated carbocycles. The molecule has 2 heterocycles. The third-order valence-electron chi connectivity index (χ3n) is 6.97. The molecule has 2 aromatic heterocycles. The molecule has 48 heavy (non-hydrogen) atoms. The highest BCUT2D eigenvalue weighted by Gasteiger charge is 2.24. The molecule has 0 fully saturated rings. The molecule has 0 amide bonds. The molecule has 260 valence electrons. The van der Waals surface area contributed by atoms with Crippen LogP contribution >= 0.6 is 22.7 Å². The number of carbonyl (C=O) groups is 2. The summed E-state index contributed by atoms with van der Waals surface area (Å²) in [6, 6.07) is 15.6. The van der Waals surface area contributed by atoms with Gasteiger partial charge in [-0.05, 0) is 68.5 Å². The van der Waals surface area contributed by atoms with Gasteiger partial charge in [-0.2, -0.15) is 0 Å². The van der Waals surface area contributed by atoms with E-state index >= 15 is 0 Å². The van der Waals surface area contributed by atoms with Crippen molar-refractivity contribution in [3.05, 3.63) is 82.1 Å². The lowest BCUT2D eigenvalue weighted by molar-refractivity contribution is -0.270. The minimum atomic E-state index is -0.583. The number of aliphatic imine (C=N–C) groups is 1. The average Bonchev–Trinajstić information content (AvgIpc) is 3.68. The summed E-state index contributed by atoms with van der Waals surface area (Å²) in [4.78, 5) is 33.9. The highest BCUT2D eigenvalue weighted by atomic mass is 32.1. The van der Waals surface area contributed by atoms with E-state index in [2.05, 4.69) is 9.73 Å². The summed E-state index contributed by atoms with van der Waals surface area (Å²) in [6.45, 7) is 3.71. The zero-order valence-corrected chi connectivity index (χ0v) is 30.3. The van der Waals surface area contributed by atoms with Gasteiger partial charge >= 0.3 is 11.9 Å². The molecule has 2 aromatic carbocycles. The van der Waals surface area contributed by atoms with Crippen LogP contribution < -0.4 is 5.73 Å². The Morgan fingerprint density at radius 3 is 1.54 bits per heavy atom. The number of carbonyl (C=O) groups excluding carboxylic acids is 2. The van der Waals surface area contributed by atoms with E-state index in [0.29, 0.717) is 21.1 Å². The first-order valence-corrected chi connectivity index (χ1v) is 16.0. The van der Waals surface area contributed by atoms with Crippen molar-refractivity contribution < 1.29 is 37.3 Å². The van der Waals surface area contributed by atoms with Gasteiger partial charge in [0.15, 0.2) is 0 Å². The van der Waals surface area contributed by atoms with Crippen LogP contribution in [-0.2, 0) is 18.9 Å². The molecule has 0 saturated heterocycles. The Bertz CT molecular complexity index is 1670. The van der Waals surface area contributed by atoms with Crippen molar-refractivity contribution in [2.24, 2.45) is 4.99 Å². The molecular formula is C34H42F2N4O6S2. The molecule has 0 aliphatic rings. The molecule has 10 nitrogen and oxygen atoms in total.